The van der Waals surface area contributed by atoms with E-state index in [0.29, 0.717) is 43.5 Å². The van der Waals surface area contributed by atoms with E-state index in [9.17, 15) is 18.5 Å². The van der Waals surface area contributed by atoms with Crippen LogP contribution in [-0.2, 0) is 22.8 Å². The summed E-state index contributed by atoms with van der Waals surface area (Å²) in [6.07, 6.45) is 1.68. The third-order valence-corrected chi connectivity index (χ3v) is 5.58. The molecule has 0 spiro atoms. The molecule has 0 aliphatic carbocycles. The van der Waals surface area contributed by atoms with Crippen LogP contribution in [-0.4, -0.2) is 60.8 Å². The van der Waals surface area contributed by atoms with E-state index in [2.05, 4.69) is 15.0 Å². The van der Waals surface area contributed by atoms with E-state index in [1.165, 1.54) is 12.1 Å². The first-order valence-corrected chi connectivity index (χ1v) is 10.4. The smallest absolute Gasteiger partial charge is 0.288 e. The molecule has 0 bridgehead atoms. The van der Waals surface area contributed by atoms with Gasteiger partial charge in [0, 0.05) is 50.6 Å². The number of hydrogen-bond acceptors (Lipinski definition) is 9. The first-order valence-electron chi connectivity index (χ1n) is 8.55. The van der Waals surface area contributed by atoms with Crippen molar-refractivity contribution in [2.45, 2.75) is 24.8 Å². The monoisotopic (exact) mass is 395 g/mol. The van der Waals surface area contributed by atoms with E-state index >= 15 is 0 Å². The fraction of sp³-hybridized carbons (Fsp3) is 0.500. The number of rotatable bonds is 6. The first-order chi connectivity index (χ1) is 12.8. The molecule has 2 aromatic rings. The average Bonchev–Trinajstić information content (AvgIpc) is 3.08. The van der Waals surface area contributed by atoms with Gasteiger partial charge in [0.2, 0.25) is 5.89 Å². The summed E-state index contributed by atoms with van der Waals surface area (Å²) >= 11 is 0. The Morgan fingerprint density at radius 1 is 1.26 bits per heavy atom. The summed E-state index contributed by atoms with van der Waals surface area (Å²) in [6, 6.07) is 4.23. The lowest BCUT2D eigenvalue weighted by atomic mass is 10.2. The number of nitrogens with zero attached hydrogens (tertiary/aromatic N) is 5. The second kappa shape index (κ2) is 7.61. The Morgan fingerprint density at radius 3 is 2.52 bits per heavy atom. The van der Waals surface area contributed by atoms with Crippen LogP contribution in [0.5, 0.6) is 0 Å². The van der Waals surface area contributed by atoms with Gasteiger partial charge < -0.3 is 9.42 Å². The number of anilines is 1. The molecule has 0 atom stereocenters. The van der Waals surface area contributed by atoms with Crippen LogP contribution in [0.15, 0.2) is 27.6 Å². The van der Waals surface area contributed by atoms with Crippen molar-refractivity contribution in [2.75, 3.05) is 37.3 Å². The van der Waals surface area contributed by atoms with E-state index in [0.717, 1.165) is 19.3 Å². The molecule has 3 rings (SSSR count). The summed E-state index contributed by atoms with van der Waals surface area (Å²) in [7, 11) is -3.70. The Hall–Kier alpha value is -2.53. The van der Waals surface area contributed by atoms with Gasteiger partial charge in [-0.05, 0) is 12.1 Å². The molecule has 10 nitrogen and oxygen atoms in total. The number of aromatic nitrogens is 2. The van der Waals surface area contributed by atoms with Crippen molar-refractivity contribution in [1.82, 2.24) is 15.0 Å². The van der Waals surface area contributed by atoms with Crippen molar-refractivity contribution in [3.8, 4) is 0 Å². The molecule has 27 heavy (non-hydrogen) atoms. The molecule has 1 aliphatic heterocycles. The maximum absolute atomic E-state index is 11.9. The van der Waals surface area contributed by atoms with Gasteiger partial charge in [-0.15, -0.1) is 0 Å². The molecule has 146 valence electrons. The molecule has 1 aromatic heterocycles. The largest absolute Gasteiger partial charge is 0.369 e. The minimum absolute atomic E-state index is 0.258. The number of piperazine rings is 1. The van der Waals surface area contributed by atoms with Crippen LogP contribution in [0.4, 0.5) is 11.4 Å². The fourth-order valence-corrected chi connectivity index (χ4v) is 3.87. The average molecular weight is 395 g/mol. The minimum Gasteiger partial charge on any atom is -0.369 e. The normalized spacial score (nSPS) is 15.9. The number of nitro benzene ring substituents is 1. The Kier molecular flexibility index (Phi) is 5.42. The maximum Gasteiger partial charge on any atom is 0.288 e. The SMILES string of the molecule is CCc1nc(CN2CCN(c3ccc([N+](=O)[O-])c(S(C)(=O)=O)c3)CC2)no1. The fourth-order valence-electron chi connectivity index (χ4n) is 3.01. The van der Waals surface area contributed by atoms with Crippen LogP contribution in [0.3, 0.4) is 0 Å². The van der Waals surface area contributed by atoms with E-state index in [1.54, 1.807) is 6.07 Å². The molecule has 0 saturated carbocycles. The highest BCUT2D eigenvalue weighted by Crippen LogP contribution is 2.29. The lowest BCUT2D eigenvalue weighted by molar-refractivity contribution is -0.387. The summed E-state index contributed by atoms with van der Waals surface area (Å²) in [5, 5.41) is 15.0. The van der Waals surface area contributed by atoms with Crippen molar-refractivity contribution in [2.24, 2.45) is 0 Å². The van der Waals surface area contributed by atoms with Gasteiger partial charge in [0.15, 0.2) is 15.7 Å². The second-order valence-corrected chi connectivity index (χ2v) is 8.39. The van der Waals surface area contributed by atoms with Gasteiger partial charge >= 0.3 is 0 Å². The Balaban J connectivity index is 1.69. The maximum atomic E-state index is 11.9. The molecule has 0 unspecified atom stereocenters. The quantitative estimate of drug-likeness (QED) is 0.525. The van der Waals surface area contributed by atoms with Crippen molar-refractivity contribution in [3.05, 3.63) is 40.0 Å². The van der Waals surface area contributed by atoms with Crippen LogP contribution >= 0.6 is 0 Å². The van der Waals surface area contributed by atoms with Crippen LogP contribution in [0.1, 0.15) is 18.6 Å². The highest BCUT2D eigenvalue weighted by Gasteiger charge is 2.25. The van der Waals surface area contributed by atoms with Gasteiger partial charge in [0.25, 0.3) is 5.69 Å². The van der Waals surface area contributed by atoms with E-state index in [-0.39, 0.29) is 4.90 Å². The van der Waals surface area contributed by atoms with E-state index < -0.39 is 20.4 Å². The molecule has 2 heterocycles. The van der Waals surface area contributed by atoms with Crippen LogP contribution in [0.25, 0.3) is 0 Å². The zero-order chi connectivity index (χ0) is 19.6. The Labute approximate surface area is 156 Å². The lowest BCUT2D eigenvalue weighted by Gasteiger charge is -2.35. The molecular weight excluding hydrogens is 374 g/mol. The van der Waals surface area contributed by atoms with Gasteiger partial charge in [-0.1, -0.05) is 12.1 Å². The van der Waals surface area contributed by atoms with Gasteiger partial charge in [-0.3, -0.25) is 15.0 Å². The van der Waals surface area contributed by atoms with Crippen molar-refractivity contribution >= 4 is 21.2 Å². The standard InChI is InChI=1S/C16H21N5O5S/c1-3-16-17-15(18-26-16)11-19-6-8-20(9-7-19)12-4-5-13(21(22)23)14(10-12)27(2,24)25/h4-5,10H,3,6-9,11H2,1-2H3. The zero-order valence-corrected chi connectivity index (χ0v) is 16.0. The van der Waals surface area contributed by atoms with Crippen molar-refractivity contribution < 1.29 is 17.9 Å². The molecule has 1 saturated heterocycles. The summed E-state index contributed by atoms with van der Waals surface area (Å²) in [5.74, 6) is 1.26. The third-order valence-electron chi connectivity index (χ3n) is 4.45. The van der Waals surface area contributed by atoms with Crippen molar-refractivity contribution in [3.63, 3.8) is 0 Å². The van der Waals surface area contributed by atoms with Gasteiger partial charge in [-0.25, -0.2) is 8.42 Å². The number of nitro groups is 1. The molecular formula is C16H21N5O5S. The molecule has 1 fully saturated rings. The summed E-state index contributed by atoms with van der Waals surface area (Å²) < 4.78 is 29.0. The van der Waals surface area contributed by atoms with E-state index in [4.69, 9.17) is 4.52 Å². The van der Waals surface area contributed by atoms with Crippen LogP contribution in [0.2, 0.25) is 0 Å². The summed E-state index contributed by atoms with van der Waals surface area (Å²) in [6.45, 7) is 5.35. The van der Waals surface area contributed by atoms with Gasteiger partial charge in [0.1, 0.15) is 4.90 Å². The first kappa shape index (κ1) is 19.2. The topological polar surface area (TPSA) is 123 Å². The highest BCUT2D eigenvalue weighted by molar-refractivity contribution is 7.90. The van der Waals surface area contributed by atoms with Crippen LogP contribution < -0.4 is 4.90 Å². The third kappa shape index (κ3) is 4.42. The molecule has 1 aliphatic rings. The number of hydrogen-bond donors (Lipinski definition) is 0. The highest BCUT2D eigenvalue weighted by atomic mass is 32.2. The number of aryl methyl sites for hydroxylation is 1. The lowest BCUT2D eigenvalue weighted by Crippen LogP contribution is -2.46. The van der Waals surface area contributed by atoms with Gasteiger partial charge in [-0.2, -0.15) is 4.98 Å². The second-order valence-electron chi connectivity index (χ2n) is 6.40. The number of benzene rings is 1. The predicted molar refractivity (Wildman–Crippen MR) is 97.4 cm³/mol. The molecule has 0 amide bonds. The van der Waals surface area contributed by atoms with Crippen molar-refractivity contribution in [1.29, 1.82) is 0 Å². The number of sulfone groups is 1. The molecule has 0 N–H and O–H groups in total. The Morgan fingerprint density at radius 2 is 1.96 bits per heavy atom. The molecule has 11 heteroatoms. The van der Waals surface area contributed by atoms with E-state index in [1.807, 2.05) is 11.8 Å². The Bertz CT molecular complexity index is 934. The summed E-state index contributed by atoms with van der Waals surface area (Å²) in [4.78, 5) is 18.7. The predicted octanol–water partition coefficient (Wildman–Crippen LogP) is 1.27. The minimum atomic E-state index is -3.70. The summed E-state index contributed by atoms with van der Waals surface area (Å²) in [5.41, 5.74) is 0.261. The zero-order valence-electron chi connectivity index (χ0n) is 15.2. The van der Waals surface area contributed by atoms with Crippen LogP contribution in [0, 0.1) is 10.1 Å². The molecule has 1 aromatic carbocycles. The van der Waals surface area contributed by atoms with Gasteiger partial charge in [0.05, 0.1) is 11.5 Å². The molecule has 0 radical (unpaired) electrons.